The van der Waals surface area contributed by atoms with Crippen molar-refractivity contribution >= 4 is 5.78 Å². The van der Waals surface area contributed by atoms with Crippen molar-refractivity contribution < 1.29 is 14.3 Å². The van der Waals surface area contributed by atoms with Crippen LogP contribution in [0.15, 0.2) is 16.9 Å². The molecule has 1 aliphatic rings. The average molecular weight is 251 g/mol. The zero-order valence-electron chi connectivity index (χ0n) is 10.6. The van der Waals surface area contributed by atoms with Crippen molar-refractivity contribution in [3.63, 3.8) is 0 Å². The first-order chi connectivity index (χ1) is 8.67. The van der Waals surface area contributed by atoms with Crippen molar-refractivity contribution in [2.75, 3.05) is 14.2 Å². The van der Waals surface area contributed by atoms with Crippen molar-refractivity contribution in [1.82, 2.24) is 4.57 Å². The topological polar surface area (TPSA) is 57.5 Å². The summed E-state index contributed by atoms with van der Waals surface area (Å²) in [7, 11) is 3.06. The summed E-state index contributed by atoms with van der Waals surface area (Å²) in [5, 5.41) is 0. The number of nitrogens with zero attached hydrogens (tertiary/aromatic N) is 1. The van der Waals surface area contributed by atoms with Gasteiger partial charge in [0.05, 0.1) is 6.54 Å². The summed E-state index contributed by atoms with van der Waals surface area (Å²) >= 11 is 0. The van der Waals surface area contributed by atoms with Crippen LogP contribution in [0.1, 0.15) is 28.9 Å². The second kappa shape index (κ2) is 5.46. The number of carbonyl (C=O) groups excluding carboxylic acids is 1. The van der Waals surface area contributed by atoms with Crippen molar-refractivity contribution in [3.05, 3.63) is 33.7 Å². The second-order valence-corrected chi connectivity index (χ2v) is 4.32. The zero-order valence-corrected chi connectivity index (χ0v) is 10.6. The van der Waals surface area contributed by atoms with Crippen LogP contribution in [0, 0.1) is 0 Å². The molecule has 1 heterocycles. The third-order valence-corrected chi connectivity index (χ3v) is 3.27. The molecule has 5 nitrogen and oxygen atoms in total. The monoisotopic (exact) mass is 251 g/mol. The Labute approximate surface area is 105 Å². The van der Waals surface area contributed by atoms with Crippen LogP contribution in [0.4, 0.5) is 0 Å². The van der Waals surface area contributed by atoms with E-state index in [4.69, 9.17) is 9.47 Å². The van der Waals surface area contributed by atoms with E-state index in [0.717, 1.165) is 18.5 Å². The average Bonchev–Trinajstić information content (AvgIpc) is 2.38. The molecule has 1 aromatic heterocycles. The van der Waals surface area contributed by atoms with Crippen molar-refractivity contribution in [2.45, 2.75) is 32.1 Å². The lowest BCUT2D eigenvalue weighted by molar-refractivity contribution is -0.111. The van der Waals surface area contributed by atoms with Gasteiger partial charge in [0.15, 0.2) is 12.1 Å². The number of hydrogen-bond acceptors (Lipinski definition) is 4. The maximum absolute atomic E-state index is 11.9. The molecule has 0 aliphatic heterocycles. The van der Waals surface area contributed by atoms with Gasteiger partial charge in [-0.3, -0.25) is 9.59 Å². The van der Waals surface area contributed by atoms with E-state index in [1.165, 1.54) is 20.3 Å². The molecule has 0 N–H and O–H groups in total. The molecule has 2 rings (SSSR count). The molecule has 0 spiro atoms. The van der Waals surface area contributed by atoms with Crippen LogP contribution in [0.3, 0.4) is 0 Å². The van der Waals surface area contributed by atoms with Gasteiger partial charge in [-0.15, -0.1) is 0 Å². The van der Waals surface area contributed by atoms with E-state index < -0.39 is 6.29 Å². The lowest BCUT2D eigenvalue weighted by Gasteiger charge is -2.22. The molecule has 5 heteroatoms. The van der Waals surface area contributed by atoms with Gasteiger partial charge in [0, 0.05) is 38.0 Å². The smallest absolute Gasteiger partial charge is 0.250 e. The van der Waals surface area contributed by atoms with E-state index in [1.807, 2.05) is 0 Å². The largest absolute Gasteiger partial charge is 0.354 e. The quantitative estimate of drug-likeness (QED) is 0.749. The van der Waals surface area contributed by atoms with Crippen LogP contribution >= 0.6 is 0 Å². The molecule has 1 aliphatic carbocycles. The number of hydrogen-bond donors (Lipinski definition) is 0. The number of methoxy groups -OCH3 is 2. The van der Waals surface area contributed by atoms with E-state index in [2.05, 4.69) is 0 Å². The maximum Gasteiger partial charge on any atom is 0.250 e. The third-order valence-electron chi connectivity index (χ3n) is 3.27. The Hall–Kier alpha value is -1.46. The normalized spacial score (nSPS) is 14.9. The van der Waals surface area contributed by atoms with Gasteiger partial charge in [0.2, 0.25) is 0 Å². The Morgan fingerprint density at radius 2 is 1.94 bits per heavy atom. The summed E-state index contributed by atoms with van der Waals surface area (Å²) in [4.78, 5) is 23.7. The lowest BCUT2D eigenvalue weighted by atomic mass is 9.94. The van der Waals surface area contributed by atoms with Crippen LogP contribution in [0.25, 0.3) is 0 Å². The van der Waals surface area contributed by atoms with Gasteiger partial charge in [0.1, 0.15) is 0 Å². The third kappa shape index (κ3) is 2.37. The molecule has 0 amide bonds. The van der Waals surface area contributed by atoms with Crippen molar-refractivity contribution in [1.29, 1.82) is 0 Å². The molecule has 0 fully saturated rings. The van der Waals surface area contributed by atoms with Gasteiger partial charge in [0.25, 0.3) is 5.56 Å². The molecule has 18 heavy (non-hydrogen) atoms. The summed E-state index contributed by atoms with van der Waals surface area (Å²) < 4.78 is 11.8. The minimum absolute atomic E-state index is 0.108. The van der Waals surface area contributed by atoms with E-state index >= 15 is 0 Å². The first-order valence-electron chi connectivity index (χ1n) is 5.99. The SMILES string of the molecule is COC(Cn1c2c(ccc1=O)C(=O)CCC2)OC. The molecule has 0 saturated carbocycles. The summed E-state index contributed by atoms with van der Waals surface area (Å²) in [5.41, 5.74) is 1.34. The highest BCUT2D eigenvalue weighted by atomic mass is 16.7. The van der Waals surface area contributed by atoms with Gasteiger partial charge in [-0.05, 0) is 18.9 Å². The predicted molar refractivity (Wildman–Crippen MR) is 65.8 cm³/mol. The fourth-order valence-electron chi connectivity index (χ4n) is 2.29. The molecule has 0 radical (unpaired) electrons. The Morgan fingerprint density at radius 1 is 1.22 bits per heavy atom. The second-order valence-electron chi connectivity index (χ2n) is 4.32. The van der Waals surface area contributed by atoms with Crippen LogP contribution in [0.5, 0.6) is 0 Å². The zero-order chi connectivity index (χ0) is 13.1. The standard InChI is InChI=1S/C13H17NO4/c1-17-13(18-2)8-14-10-4-3-5-11(15)9(10)6-7-12(14)16/h6-7,13H,3-5,8H2,1-2H3. The van der Waals surface area contributed by atoms with Gasteiger partial charge in [-0.1, -0.05) is 0 Å². The highest BCUT2D eigenvalue weighted by Crippen LogP contribution is 2.20. The van der Waals surface area contributed by atoms with Crippen LogP contribution in [-0.4, -0.2) is 30.9 Å². The Balaban J connectivity index is 2.43. The minimum atomic E-state index is -0.480. The number of pyridine rings is 1. The molecule has 0 bridgehead atoms. The number of fused-ring (bicyclic) bond motifs is 1. The Kier molecular flexibility index (Phi) is 3.93. The van der Waals surface area contributed by atoms with Crippen LogP contribution in [0.2, 0.25) is 0 Å². The number of ether oxygens (including phenoxy) is 2. The molecule has 0 unspecified atom stereocenters. The molecule has 1 aromatic rings. The number of ketones is 1. The van der Waals surface area contributed by atoms with E-state index in [9.17, 15) is 9.59 Å². The fraction of sp³-hybridized carbons (Fsp3) is 0.538. The van der Waals surface area contributed by atoms with Gasteiger partial charge >= 0.3 is 0 Å². The highest BCUT2D eigenvalue weighted by molar-refractivity contribution is 5.97. The summed E-state index contributed by atoms with van der Waals surface area (Å²) in [6.07, 6.45) is 1.62. The molecule has 0 atom stereocenters. The number of Topliss-reactive ketones (excluding diaryl/α,β-unsaturated/α-hetero) is 1. The molecular formula is C13H17NO4. The van der Waals surface area contributed by atoms with Gasteiger partial charge < -0.3 is 14.0 Å². The van der Waals surface area contributed by atoms with Crippen LogP contribution in [-0.2, 0) is 22.4 Å². The number of aromatic nitrogens is 1. The van der Waals surface area contributed by atoms with Gasteiger partial charge in [-0.25, -0.2) is 0 Å². The van der Waals surface area contributed by atoms with E-state index in [0.29, 0.717) is 18.5 Å². The molecule has 98 valence electrons. The number of carbonyl (C=O) groups is 1. The predicted octanol–water partition coefficient (Wildman–Crippen LogP) is 0.986. The Morgan fingerprint density at radius 3 is 2.61 bits per heavy atom. The summed E-state index contributed by atoms with van der Waals surface area (Å²) in [5.74, 6) is 0.108. The maximum atomic E-state index is 11.9. The fourth-order valence-corrected chi connectivity index (χ4v) is 2.29. The molecule has 0 saturated heterocycles. The van der Waals surface area contributed by atoms with Crippen molar-refractivity contribution in [3.8, 4) is 0 Å². The molecule has 0 aromatic carbocycles. The lowest BCUT2D eigenvalue weighted by Crippen LogP contribution is -2.33. The summed E-state index contributed by atoms with van der Waals surface area (Å²) in [6, 6.07) is 3.06. The van der Waals surface area contributed by atoms with E-state index in [-0.39, 0.29) is 11.3 Å². The number of rotatable bonds is 4. The Bertz CT molecular complexity index is 502. The minimum Gasteiger partial charge on any atom is -0.354 e. The van der Waals surface area contributed by atoms with Gasteiger partial charge in [-0.2, -0.15) is 0 Å². The first kappa shape index (κ1) is 13.0. The first-order valence-corrected chi connectivity index (χ1v) is 5.99. The highest BCUT2D eigenvalue weighted by Gasteiger charge is 2.21. The van der Waals surface area contributed by atoms with E-state index in [1.54, 1.807) is 10.6 Å². The molecular weight excluding hydrogens is 234 g/mol. The van der Waals surface area contributed by atoms with Crippen molar-refractivity contribution in [2.24, 2.45) is 0 Å². The summed E-state index contributed by atoms with van der Waals surface area (Å²) in [6.45, 7) is 0.308. The van der Waals surface area contributed by atoms with Crippen LogP contribution < -0.4 is 5.56 Å².